The van der Waals surface area contributed by atoms with Gasteiger partial charge in [-0.25, -0.2) is 0 Å². The summed E-state index contributed by atoms with van der Waals surface area (Å²) in [6.07, 6.45) is 2.61. The van der Waals surface area contributed by atoms with E-state index in [1.807, 2.05) is 19.1 Å². The number of carbonyl (C=O) groups is 1. The van der Waals surface area contributed by atoms with Crippen LogP contribution in [0, 0.1) is 0 Å². The number of amides is 1. The van der Waals surface area contributed by atoms with Crippen LogP contribution in [0.4, 0.5) is 0 Å². The molecule has 88 valence electrons. The van der Waals surface area contributed by atoms with Gasteiger partial charge >= 0.3 is 0 Å². The van der Waals surface area contributed by atoms with Gasteiger partial charge in [0.1, 0.15) is 0 Å². The maximum atomic E-state index is 11.3. The zero-order chi connectivity index (χ0) is 12.1. The molecule has 4 N–H and O–H groups in total. The van der Waals surface area contributed by atoms with E-state index in [2.05, 4.69) is 6.92 Å². The molecule has 0 saturated carbocycles. The predicted octanol–water partition coefficient (Wildman–Crippen LogP) is 1.41. The Balaban J connectivity index is 3.33. The lowest BCUT2D eigenvalue weighted by Gasteiger charge is -2.15. The lowest BCUT2D eigenvalue weighted by molar-refractivity contribution is 0.0999. The third-order valence-electron chi connectivity index (χ3n) is 2.91. The highest BCUT2D eigenvalue weighted by atomic mass is 16.1. The van der Waals surface area contributed by atoms with Gasteiger partial charge in [-0.1, -0.05) is 19.9 Å². The highest BCUT2D eigenvalue weighted by molar-refractivity contribution is 5.94. The Morgan fingerprint density at radius 2 is 1.81 bits per heavy atom. The van der Waals surface area contributed by atoms with Gasteiger partial charge in [-0.3, -0.25) is 4.79 Å². The third kappa shape index (κ3) is 2.42. The second-order valence-corrected chi connectivity index (χ2v) is 3.84. The molecule has 0 aliphatic carbocycles. The fourth-order valence-electron chi connectivity index (χ4n) is 2.21. The van der Waals surface area contributed by atoms with Gasteiger partial charge < -0.3 is 11.5 Å². The molecule has 0 aliphatic rings. The quantitative estimate of drug-likeness (QED) is 0.787. The van der Waals surface area contributed by atoms with E-state index in [0.29, 0.717) is 12.1 Å². The fourth-order valence-corrected chi connectivity index (χ4v) is 2.21. The number of rotatable bonds is 5. The van der Waals surface area contributed by atoms with Gasteiger partial charge in [0.2, 0.25) is 5.91 Å². The van der Waals surface area contributed by atoms with Crippen molar-refractivity contribution in [3.8, 4) is 0 Å². The third-order valence-corrected chi connectivity index (χ3v) is 2.91. The van der Waals surface area contributed by atoms with Gasteiger partial charge in [-0.15, -0.1) is 0 Å². The molecule has 16 heavy (non-hydrogen) atoms. The zero-order valence-corrected chi connectivity index (χ0v) is 10.0. The number of benzene rings is 1. The summed E-state index contributed by atoms with van der Waals surface area (Å²) in [5.41, 5.74) is 15.2. The molecule has 0 unspecified atom stereocenters. The van der Waals surface area contributed by atoms with Crippen molar-refractivity contribution in [2.24, 2.45) is 11.5 Å². The van der Waals surface area contributed by atoms with E-state index in [-0.39, 0.29) is 5.91 Å². The molecule has 0 spiro atoms. The van der Waals surface area contributed by atoms with Crippen molar-refractivity contribution in [2.75, 3.05) is 6.54 Å². The number of hydrogen-bond donors (Lipinski definition) is 2. The van der Waals surface area contributed by atoms with E-state index in [9.17, 15) is 4.79 Å². The molecular weight excluding hydrogens is 200 g/mol. The van der Waals surface area contributed by atoms with Gasteiger partial charge in [-0.05, 0) is 48.6 Å². The Morgan fingerprint density at radius 3 is 2.25 bits per heavy atom. The molecule has 3 nitrogen and oxygen atoms in total. The highest BCUT2D eigenvalue weighted by Gasteiger charge is 2.13. The van der Waals surface area contributed by atoms with Crippen LogP contribution < -0.4 is 11.5 Å². The summed E-state index contributed by atoms with van der Waals surface area (Å²) < 4.78 is 0. The second kappa shape index (κ2) is 5.66. The van der Waals surface area contributed by atoms with Crippen LogP contribution in [0.15, 0.2) is 12.1 Å². The van der Waals surface area contributed by atoms with Crippen LogP contribution in [-0.4, -0.2) is 12.5 Å². The minimum absolute atomic E-state index is 0.342. The zero-order valence-electron chi connectivity index (χ0n) is 10.0. The topological polar surface area (TPSA) is 69.1 Å². The molecular formula is C13H20N2O. The molecule has 0 fully saturated rings. The summed E-state index contributed by atoms with van der Waals surface area (Å²) in [5, 5.41) is 0. The maximum Gasteiger partial charge on any atom is 0.248 e. The minimum Gasteiger partial charge on any atom is -0.366 e. The first kappa shape index (κ1) is 12.7. The summed E-state index contributed by atoms with van der Waals surface area (Å²) in [4.78, 5) is 11.3. The lowest BCUT2D eigenvalue weighted by Crippen LogP contribution is -2.16. The van der Waals surface area contributed by atoms with Gasteiger partial charge in [-0.2, -0.15) is 0 Å². The summed E-state index contributed by atoms with van der Waals surface area (Å²) >= 11 is 0. The smallest absolute Gasteiger partial charge is 0.248 e. The van der Waals surface area contributed by atoms with Crippen molar-refractivity contribution >= 4 is 5.91 Å². The molecule has 0 saturated heterocycles. The van der Waals surface area contributed by atoms with Crippen molar-refractivity contribution in [3.05, 3.63) is 34.4 Å². The van der Waals surface area contributed by atoms with Crippen molar-refractivity contribution in [1.29, 1.82) is 0 Å². The Kier molecular flexibility index (Phi) is 4.50. The van der Waals surface area contributed by atoms with Gasteiger partial charge in [0.05, 0.1) is 0 Å². The molecule has 0 aliphatic heterocycles. The van der Waals surface area contributed by atoms with Crippen LogP contribution in [0.2, 0.25) is 0 Å². The van der Waals surface area contributed by atoms with E-state index in [0.717, 1.165) is 24.8 Å². The van der Waals surface area contributed by atoms with Crippen molar-refractivity contribution in [3.63, 3.8) is 0 Å². The van der Waals surface area contributed by atoms with Crippen LogP contribution in [-0.2, 0) is 19.3 Å². The molecule has 0 radical (unpaired) electrons. The number of primary amides is 1. The summed E-state index contributed by atoms with van der Waals surface area (Å²) in [7, 11) is 0. The molecule has 0 bridgehead atoms. The minimum atomic E-state index is -0.342. The Labute approximate surface area is 96.8 Å². The van der Waals surface area contributed by atoms with Crippen molar-refractivity contribution in [2.45, 2.75) is 33.1 Å². The van der Waals surface area contributed by atoms with E-state index in [4.69, 9.17) is 11.5 Å². The monoisotopic (exact) mass is 220 g/mol. The van der Waals surface area contributed by atoms with Crippen LogP contribution >= 0.6 is 0 Å². The van der Waals surface area contributed by atoms with Gasteiger partial charge in [0, 0.05) is 5.56 Å². The molecule has 1 rings (SSSR count). The molecule has 0 aromatic heterocycles. The van der Waals surface area contributed by atoms with Crippen LogP contribution in [0.3, 0.4) is 0 Å². The molecule has 3 heteroatoms. The largest absolute Gasteiger partial charge is 0.366 e. The molecule has 1 aromatic rings. The van der Waals surface area contributed by atoms with Crippen molar-refractivity contribution < 1.29 is 4.79 Å². The average Bonchev–Trinajstić information content (AvgIpc) is 2.28. The second-order valence-electron chi connectivity index (χ2n) is 3.84. The first-order valence-electron chi connectivity index (χ1n) is 5.79. The summed E-state index contributed by atoms with van der Waals surface area (Å²) in [6, 6.07) is 3.80. The summed E-state index contributed by atoms with van der Waals surface area (Å²) in [6.45, 7) is 4.78. The first-order valence-corrected chi connectivity index (χ1v) is 5.79. The molecule has 0 atom stereocenters. The molecule has 1 aromatic carbocycles. The number of hydrogen-bond acceptors (Lipinski definition) is 2. The van der Waals surface area contributed by atoms with E-state index >= 15 is 0 Å². The van der Waals surface area contributed by atoms with Crippen LogP contribution in [0.25, 0.3) is 0 Å². The number of carbonyl (C=O) groups excluding carboxylic acids is 1. The highest BCUT2D eigenvalue weighted by Crippen LogP contribution is 2.21. The Morgan fingerprint density at radius 1 is 1.19 bits per heavy atom. The molecule has 1 amide bonds. The fraction of sp³-hybridized carbons (Fsp3) is 0.462. The number of nitrogens with two attached hydrogens (primary N) is 2. The predicted molar refractivity (Wildman–Crippen MR) is 66.5 cm³/mol. The van der Waals surface area contributed by atoms with E-state index in [1.54, 1.807) is 0 Å². The van der Waals surface area contributed by atoms with E-state index in [1.165, 1.54) is 11.1 Å². The maximum absolute atomic E-state index is 11.3. The Bertz CT molecular complexity index is 386. The average molecular weight is 220 g/mol. The van der Waals surface area contributed by atoms with Crippen LogP contribution in [0.5, 0.6) is 0 Å². The normalized spacial score (nSPS) is 10.4. The first-order chi connectivity index (χ1) is 7.65. The standard InChI is InChI=1S/C13H20N2O/c1-3-10-9(7-8-14)5-6-12(13(15)16)11(10)4-2/h5-6H,3-4,7-8,14H2,1-2H3,(H2,15,16). The van der Waals surface area contributed by atoms with Crippen LogP contribution in [0.1, 0.15) is 40.9 Å². The van der Waals surface area contributed by atoms with Gasteiger partial charge in [0.25, 0.3) is 0 Å². The lowest BCUT2D eigenvalue weighted by atomic mass is 9.91. The SMILES string of the molecule is CCc1c(CCN)ccc(C(N)=O)c1CC. The van der Waals surface area contributed by atoms with Gasteiger partial charge in [0.15, 0.2) is 0 Å². The summed E-state index contributed by atoms with van der Waals surface area (Å²) in [5.74, 6) is -0.342. The Hall–Kier alpha value is -1.35. The molecule has 0 heterocycles. The van der Waals surface area contributed by atoms with Crippen molar-refractivity contribution in [1.82, 2.24) is 0 Å². The van der Waals surface area contributed by atoms with E-state index < -0.39 is 0 Å².